The van der Waals surface area contributed by atoms with Gasteiger partial charge in [0.05, 0.1) is 4.83 Å². The molecule has 0 aromatic rings. The van der Waals surface area contributed by atoms with Crippen molar-refractivity contribution in [2.24, 2.45) is 0 Å². The van der Waals surface area contributed by atoms with E-state index >= 15 is 0 Å². The third kappa shape index (κ3) is 9.51. The zero-order chi connectivity index (χ0) is 41.6. The van der Waals surface area contributed by atoms with Crippen LogP contribution in [0, 0.1) is 0 Å². The van der Waals surface area contributed by atoms with E-state index in [1.54, 1.807) is 0 Å². The smallest absolute Gasteiger partial charge is 0.0839 e. The van der Waals surface area contributed by atoms with Gasteiger partial charge in [-0.3, -0.25) is 0 Å². The van der Waals surface area contributed by atoms with E-state index in [2.05, 4.69) is 526 Å². The third-order valence-corrected chi connectivity index (χ3v) is 80.0. The molecule has 1 saturated carbocycles. The molecule has 33 heteroatoms. The van der Waals surface area contributed by atoms with Crippen molar-refractivity contribution in [2.75, 3.05) is 0 Å². The highest BCUT2D eigenvalue weighted by atomic mass is 80.0. The van der Waals surface area contributed by atoms with Gasteiger partial charge >= 0.3 is 0 Å². The molecule has 0 saturated heterocycles. The van der Waals surface area contributed by atoms with Crippen molar-refractivity contribution in [3.8, 4) is 0 Å². The Hall–Kier alpha value is 15.8. The van der Waals surface area contributed by atoms with Crippen LogP contribution in [-0.2, 0) is 0 Å². The Morgan fingerprint density at radius 3 is 0.340 bits per heavy atom. The highest BCUT2D eigenvalue weighted by Gasteiger charge is 2.85. The van der Waals surface area contributed by atoms with Crippen LogP contribution in [-0.4, -0.2) is 56.6 Å². The molecule has 0 aromatic heterocycles. The second-order valence-electron chi connectivity index (χ2n) is 9.65. The van der Waals surface area contributed by atoms with Gasteiger partial charge in [0.15, 0.2) is 0 Å². The topological polar surface area (TPSA) is 0 Å². The van der Waals surface area contributed by atoms with Crippen molar-refractivity contribution < 1.29 is 0 Å². The largest absolute Gasteiger partial charge is 0.135 e. The minimum atomic E-state index is -1.28. The lowest BCUT2D eigenvalue weighted by molar-refractivity contribution is 0.528. The van der Waals surface area contributed by atoms with E-state index in [0.717, 1.165) is 0 Å². The van der Waals surface area contributed by atoms with Crippen molar-refractivity contribution in [3.05, 3.63) is 0 Å². The lowest BCUT2D eigenvalue weighted by Gasteiger charge is -2.61. The van der Waals surface area contributed by atoms with E-state index in [4.69, 9.17) is 0 Å². The Morgan fingerprint density at radius 2 is 0.240 bits per heavy atom. The molecule has 1 aliphatic rings. The fraction of sp³-hybridized carbons (Fsp3) is 1.00. The fourth-order valence-electron chi connectivity index (χ4n) is 3.33. The zero-order valence-corrected chi connectivity index (χ0v) is 73.4. The maximum atomic E-state index is 4.02. The molecule has 0 heterocycles. The molecule has 1 rings (SSSR count). The molecule has 1 fully saturated rings. The average molecular weight is 2840 g/mol. The van der Waals surface area contributed by atoms with Gasteiger partial charge in [0.25, 0.3) is 0 Å². The van der Waals surface area contributed by atoms with Gasteiger partial charge in [-0.1, -0.05) is 526 Å². The monoisotopic (exact) mass is 2810 g/mol. The lowest BCUT2D eigenvalue weighted by Crippen LogP contribution is -2.73. The average Bonchev–Trinajstić information content (AvgIpc) is 2.90. The van der Waals surface area contributed by atoms with Crippen LogP contribution in [0.3, 0.4) is 0 Å². The summed E-state index contributed by atoms with van der Waals surface area (Å²) in [6.45, 7) is 0. The SMILES string of the molecule is BrC1C(Br)(Br)C(Br)(Br)C(Br)(Br)C(Br)(Br)C(Br)(Br)C(Br)(Br)C(Br)(Br)C(Br)(Br)C(Br)(Br)C(Br)(Br)C(Br)(Br)C(Br)(Br)C(Br)(Br)C(Br)(Br)C(Br)(Br)C1(Br)Br. The maximum absolute atomic E-state index is 4.02. The Labute approximate surface area is 567 Å². The van der Waals surface area contributed by atoms with Gasteiger partial charge < -0.3 is 0 Å². The van der Waals surface area contributed by atoms with Gasteiger partial charge in [-0.25, -0.2) is 0 Å². The van der Waals surface area contributed by atoms with Crippen LogP contribution in [0.1, 0.15) is 0 Å². The van der Waals surface area contributed by atoms with Crippen LogP contribution >= 0.6 is 526 Å². The third-order valence-electron chi connectivity index (χ3n) is 6.60. The van der Waals surface area contributed by atoms with E-state index in [-0.39, 0.29) is 0 Å². The Kier molecular flexibility index (Phi) is 25.6. The minimum absolute atomic E-state index is 0.630. The Morgan fingerprint density at radius 1 is 0.160 bits per heavy atom. The molecule has 0 nitrogen and oxygen atoms in total. The fourth-order valence-corrected chi connectivity index (χ4v) is 40.4. The van der Waals surface area contributed by atoms with Gasteiger partial charge in [-0.15, -0.1) is 0 Å². The number of hydrogen-bond acceptors (Lipinski definition) is 0. The standard InChI is InChI=1S/C17HBr33/c18-1-2(19,20)4(23,24)6(27,28)8(31,32)10(35,36)12(39,40)14(43,44)16(47,48)17(49,50)15(45,46)13(41,42)11(37,38)9(33,34)7(29,30)5(25,26)3(1,21)22/h1H. The molecule has 0 N–H and O–H groups in total. The second-order valence-corrected chi connectivity index (χ2v) is 65.9. The highest BCUT2D eigenvalue weighted by molar-refractivity contribution is 9.40. The number of alkyl halides is 33. The first-order valence-corrected chi connectivity index (χ1v) is 36.9. The van der Waals surface area contributed by atoms with Crippen molar-refractivity contribution in [1.29, 1.82) is 0 Å². The summed E-state index contributed by atoms with van der Waals surface area (Å²) in [6, 6.07) is 0. The Bertz CT molecular complexity index is 1200. The van der Waals surface area contributed by atoms with Gasteiger partial charge in [0.1, 0.15) is 51.7 Å². The van der Waals surface area contributed by atoms with Crippen LogP contribution in [0.2, 0.25) is 0 Å². The van der Waals surface area contributed by atoms with Gasteiger partial charge in [-0.05, 0) is 0 Å². The second kappa shape index (κ2) is 20.0. The summed E-state index contributed by atoms with van der Waals surface area (Å²) in [7, 11) is 0. The van der Waals surface area contributed by atoms with Gasteiger partial charge in [-0.2, -0.15) is 0 Å². The quantitative estimate of drug-likeness (QED) is 0.212. The summed E-state index contributed by atoms with van der Waals surface area (Å²) >= 11 is 133. The zero-order valence-electron chi connectivity index (χ0n) is 21.1. The molecule has 0 radical (unpaired) electrons. The molecule has 0 unspecified atom stereocenters. The molecular formula is C17HBr33. The highest BCUT2D eigenvalue weighted by Crippen LogP contribution is 2.84. The molecule has 0 spiro atoms. The number of halogens is 33. The van der Waals surface area contributed by atoms with Crippen molar-refractivity contribution in [2.45, 2.75) is 56.6 Å². The summed E-state index contributed by atoms with van der Waals surface area (Å²) < 4.78 is -20.0. The number of hydrogen-bond donors (Lipinski definition) is 0. The molecule has 0 aromatic carbocycles. The van der Waals surface area contributed by atoms with Crippen LogP contribution in [0.4, 0.5) is 0 Å². The molecule has 0 amide bonds. The van der Waals surface area contributed by atoms with Crippen molar-refractivity contribution in [1.82, 2.24) is 0 Å². The van der Waals surface area contributed by atoms with Crippen molar-refractivity contribution in [3.63, 3.8) is 0 Å². The van der Waals surface area contributed by atoms with Crippen LogP contribution < -0.4 is 0 Å². The first kappa shape index (κ1) is 63.9. The van der Waals surface area contributed by atoms with E-state index < -0.39 is 56.6 Å². The number of rotatable bonds is 0. The molecule has 0 aliphatic heterocycles. The summed E-state index contributed by atoms with van der Waals surface area (Å²) in [5.74, 6) is 0. The molecule has 0 bridgehead atoms. The van der Waals surface area contributed by atoms with Crippen molar-refractivity contribution >= 4 is 526 Å². The summed E-state index contributed by atoms with van der Waals surface area (Å²) in [5.41, 5.74) is 0. The van der Waals surface area contributed by atoms with E-state index in [1.807, 2.05) is 0 Å². The summed E-state index contributed by atoms with van der Waals surface area (Å²) in [6.07, 6.45) is 0. The van der Waals surface area contributed by atoms with Crippen LogP contribution in [0.25, 0.3) is 0 Å². The summed E-state index contributed by atoms with van der Waals surface area (Å²) in [4.78, 5) is -0.630. The first-order valence-electron chi connectivity index (χ1n) is 10.6. The molecule has 0 atom stereocenters. The van der Waals surface area contributed by atoms with Crippen LogP contribution in [0.5, 0.6) is 0 Å². The molecule has 50 heavy (non-hydrogen) atoms. The Balaban J connectivity index is 4.82. The van der Waals surface area contributed by atoms with E-state index in [0.29, 0.717) is 0 Å². The molecular weight excluding hydrogens is 2840 g/mol. The molecule has 1 aliphatic carbocycles. The lowest BCUT2D eigenvalue weighted by atomic mass is 10.0. The van der Waals surface area contributed by atoms with E-state index in [1.165, 1.54) is 0 Å². The predicted molar refractivity (Wildman–Crippen MR) is 342 cm³/mol. The first-order chi connectivity index (χ1) is 20.9. The summed E-state index contributed by atoms with van der Waals surface area (Å²) in [5, 5.41) is 0. The normalized spacial score (nSPS) is 33.8. The van der Waals surface area contributed by atoms with E-state index in [9.17, 15) is 0 Å². The van der Waals surface area contributed by atoms with Gasteiger partial charge in [0.2, 0.25) is 0 Å². The van der Waals surface area contributed by atoms with Gasteiger partial charge in [0, 0.05) is 0 Å². The molecule has 300 valence electrons. The minimum Gasteiger partial charge on any atom is -0.0839 e. The predicted octanol–water partition coefficient (Wildman–Crippen LogP) is 24.5. The maximum Gasteiger partial charge on any atom is 0.135 e. The van der Waals surface area contributed by atoms with Crippen LogP contribution in [0.15, 0.2) is 0 Å².